The number of aryl methyl sites for hydroxylation is 1. The molecule has 120 valence electrons. The third-order valence-electron chi connectivity index (χ3n) is 3.87. The predicted octanol–water partition coefficient (Wildman–Crippen LogP) is 2.52. The van der Waals surface area contributed by atoms with E-state index in [0.29, 0.717) is 11.8 Å². The highest BCUT2D eigenvalue weighted by Gasteiger charge is 2.21. The van der Waals surface area contributed by atoms with Gasteiger partial charge in [0.15, 0.2) is 0 Å². The first kappa shape index (κ1) is 15.4. The van der Waals surface area contributed by atoms with E-state index in [-0.39, 0.29) is 11.8 Å². The molecule has 1 amide bonds. The Balaban J connectivity index is 1.66. The molecule has 2 aromatic rings. The summed E-state index contributed by atoms with van der Waals surface area (Å²) < 4.78 is 5.59. The maximum Gasteiger partial charge on any atom is 0.321 e. The Bertz CT molecular complexity index is 670. The number of aromatic nitrogens is 2. The van der Waals surface area contributed by atoms with E-state index in [1.54, 1.807) is 24.5 Å². The number of hydrogen-bond donors (Lipinski definition) is 2. The molecule has 1 aliphatic rings. The summed E-state index contributed by atoms with van der Waals surface area (Å²) in [5.41, 5.74) is 1.75. The van der Waals surface area contributed by atoms with E-state index in [1.165, 1.54) is 0 Å². The average Bonchev–Trinajstić information content (AvgIpc) is 2.59. The minimum atomic E-state index is 0.0387. The van der Waals surface area contributed by atoms with Gasteiger partial charge >= 0.3 is 6.01 Å². The highest BCUT2D eigenvalue weighted by Crippen LogP contribution is 2.25. The predicted molar refractivity (Wildman–Crippen MR) is 87.5 cm³/mol. The molecule has 0 saturated carbocycles. The molecule has 3 rings (SSSR count). The van der Waals surface area contributed by atoms with Crippen molar-refractivity contribution < 1.29 is 9.53 Å². The van der Waals surface area contributed by atoms with Gasteiger partial charge in [0, 0.05) is 24.6 Å². The number of carbonyl (C=O) groups excluding carboxylic acids is 1. The van der Waals surface area contributed by atoms with Gasteiger partial charge in [-0.1, -0.05) is 0 Å². The van der Waals surface area contributed by atoms with E-state index in [4.69, 9.17) is 4.74 Å². The molecule has 1 unspecified atom stereocenters. The van der Waals surface area contributed by atoms with Gasteiger partial charge in [-0.15, -0.1) is 0 Å². The summed E-state index contributed by atoms with van der Waals surface area (Å²) in [5.74, 6) is 0.753. The molecule has 2 N–H and O–H groups in total. The third kappa shape index (κ3) is 4.04. The minimum Gasteiger partial charge on any atom is -0.424 e. The second kappa shape index (κ2) is 7.19. The summed E-state index contributed by atoms with van der Waals surface area (Å²) in [4.78, 5) is 20.3. The van der Waals surface area contributed by atoms with Gasteiger partial charge in [0.05, 0.1) is 5.92 Å². The number of carbonyl (C=O) groups is 1. The molecule has 0 aliphatic carbocycles. The number of ether oxygens (including phenoxy) is 1. The third-order valence-corrected chi connectivity index (χ3v) is 3.87. The van der Waals surface area contributed by atoms with Crippen LogP contribution in [0.4, 0.5) is 5.69 Å². The lowest BCUT2D eigenvalue weighted by Crippen LogP contribution is -2.37. The number of nitrogens with zero attached hydrogens (tertiary/aromatic N) is 2. The number of nitrogens with one attached hydrogen (secondary N) is 2. The van der Waals surface area contributed by atoms with Crippen LogP contribution in [0.15, 0.2) is 36.7 Å². The first-order chi connectivity index (χ1) is 11.2. The fraction of sp³-hybridized carbons (Fsp3) is 0.353. The summed E-state index contributed by atoms with van der Waals surface area (Å²) in [6.07, 6.45) is 5.23. The Morgan fingerprint density at radius 2 is 2.17 bits per heavy atom. The number of anilines is 1. The van der Waals surface area contributed by atoms with Gasteiger partial charge in [0.25, 0.3) is 0 Å². The molecule has 6 heteroatoms. The van der Waals surface area contributed by atoms with Crippen molar-refractivity contribution in [3.05, 3.63) is 42.2 Å². The SMILES string of the molecule is Cc1cc(Oc2ncccn2)ccc1NC(=O)C1CCCNC1. The number of benzene rings is 1. The van der Waals surface area contributed by atoms with E-state index >= 15 is 0 Å². The van der Waals surface area contributed by atoms with Gasteiger partial charge in [0.1, 0.15) is 5.75 Å². The van der Waals surface area contributed by atoms with Gasteiger partial charge in [-0.2, -0.15) is 0 Å². The van der Waals surface area contributed by atoms with Crippen molar-refractivity contribution in [2.24, 2.45) is 5.92 Å². The quantitative estimate of drug-likeness (QED) is 0.907. The molecule has 0 radical (unpaired) electrons. The monoisotopic (exact) mass is 312 g/mol. The summed E-state index contributed by atoms with van der Waals surface area (Å²) in [5, 5.41) is 6.26. The molecule has 1 aromatic carbocycles. The Kier molecular flexibility index (Phi) is 4.83. The zero-order valence-corrected chi connectivity index (χ0v) is 13.1. The Hall–Kier alpha value is -2.47. The van der Waals surface area contributed by atoms with Crippen LogP contribution in [0.5, 0.6) is 11.8 Å². The van der Waals surface area contributed by atoms with Crippen molar-refractivity contribution >= 4 is 11.6 Å². The molecule has 1 aromatic heterocycles. The summed E-state index contributed by atoms with van der Waals surface area (Å²) in [7, 11) is 0. The Morgan fingerprint density at radius 1 is 1.35 bits per heavy atom. The molecule has 0 spiro atoms. The van der Waals surface area contributed by atoms with Crippen LogP contribution in [0, 0.1) is 12.8 Å². The molecular formula is C17H20N4O2. The van der Waals surface area contributed by atoms with Crippen LogP contribution in [0.1, 0.15) is 18.4 Å². The van der Waals surface area contributed by atoms with E-state index in [1.807, 2.05) is 19.1 Å². The largest absolute Gasteiger partial charge is 0.424 e. The number of amides is 1. The van der Waals surface area contributed by atoms with Crippen molar-refractivity contribution in [1.82, 2.24) is 15.3 Å². The van der Waals surface area contributed by atoms with Crippen molar-refractivity contribution in [1.29, 1.82) is 0 Å². The average molecular weight is 312 g/mol. The van der Waals surface area contributed by atoms with E-state index < -0.39 is 0 Å². The number of rotatable bonds is 4. The van der Waals surface area contributed by atoms with Crippen LogP contribution in [0.2, 0.25) is 0 Å². The van der Waals surface area contributed by atoms with E-state index in [9.17, 15) is 4.79 Å². The normalized spacial score (nSPS) is 17.5. The van der Waals surface area contributed by atoms with Crippen LogP contribution < -0.4 is 15.4 Å². The molecule has 23 heavy (non-hydrogen) atoms. The molecule has 1 saturated heterocycles. The Morgan fingerprint density at radius 3 is 2.87 bits per heavy atom. The van der Waals surface area contributed by atoms with Crippen LogP contribution in [-0.2, 0) is 4.79 Å². The highest BCUT2D eigenvalue weighted by atomic mass is 16.5. The maximum absolute atomic E-state index is 12.3. The zero-order valence-electron chi connectivity index (χ0n) is 13.1. The topological polar surface area (TPSA) is 76.1 Å². The molecule has 6 nitrogen and oxygen atoms in total. The maximum atomic E-state index is 12.3. The number of hydrogen-bond acceptors (Lipinski definition) is 5. The molecular weight excluding hydrogens is 292 g/mol. The van der Waals surface area contributed by atoms with Gasteiger partial charge in [-0.25, -0.2) is 9.97 Å². The lowest BCUT2D eigenvalue weighted by atomic mass is 9.98. The fourth-order valence-corrected chi connectivity index (χ4v) is 2.59. The van der Waals surface area contributed by atoms with Crippen LogP contribution >= 0.6 is 0 Å². The van der Waals surface area contributed by atoms with Gasteiger partial charge < -0.3 is 15.4 Å². The molecule has 1 fully saturated rings. The second-order valence-corrected chi connectivity index (χ2v) is 5.64. The number of piperidine rings is 1. The first-order valence-electron chi connectivity index (χ1n) is 7.79. The molecule has 1 atom stereocenters. The van der Waals surface area contributed by atoms with Crippen LogP contribution in [-0.4, -0.2) is 29.0 Å². The minimum absolute atomic E-state index is 0.0387. The molecule has 0 bridgehead atoms. The first-order valence-corrected chi connectivity index (χ1v) is 7.79. The van der Waals surface area contributed by atoms with Gasteiger partial charge in [-0.3, -0.25) is 4.79 Å². The van der Waals surface area contributed by atoms with E-state index in [2.05, 4.69) is 20.6 Å². The van der Waals surface area contributed by atoms with Gasteiger partial charge in [0.2, 0.25) is 5.91 Å². The van der Waals surface area contributed by atoms with Crippen molar-refractivity contribution in [2.75, 3.05) is 18.4 Å². The summed E-state index contributed by atoms with van der Waals surface area (Å²) >= 11 is 0. The van der Waals surface area contributed by atoms with Gasteiger partial charge in [-0.05, 0) is 56.1 Å². The lowest BCUT2D eigenvalue weighted by molar-refractivity contribution is -0.120. The van der Waals surface area contributed by atoms with Crippen molar-refractivity contribution in [2.45, 2.75) is 19.8 Å². The smallest absolute Gasteiger partial charge is 0.321 e. The summed E-state index contributed by atoms with van der Waals surface area (Å²) in [6.45, 7) is 3.68. The van der Waals surface area contributed by atoms with Crippen LogP contribution in [0.25, 0.3) is 0 Å². The summed E-state index contributed by atoms with van der Waals surface area (Å²) in [6, 6.07) is 7.55. The van der Waals surface area contributed by atoms with E-state index in [0.717, 1.165) is 37.2 Å². The zero-order chi connectivity index (χ0) is 16.1. The standard InChI is InChI=1S/C17H20N4O2/c1-12-10-14(23-17-19-8-3-9-20-17)5-6-15(12)21-16(22)13-4-2-7-18-11-13/h3,5-6,8-10,13,18H,2,4,7,11H2,1H3,(H,21,22). The van der Waals surface area contributed by atoms with Crippen LogP contribution in [0.3, 0.4) is 0 Å². The molecule has 2 heterocycles. The van der Waals surface area contributed by atoms with Crippen molar-refractivity contribution in [3.63, 3.8) is 0 Å². The molecule has 1 aliphatic heterocycles. The highest BCUT2D eigenvalue weighted by molar-refractivity contribution is 5.93. The fourth-order valence-electron chi connectivity index (χ4n) is 2.59. The lowest BCUT2D eigenvalue weighted by Gasteiger charge is -2.22. The Labute approximate surface area is 135 Å². The van der Waals surface area contributed by atoms with Crippen molar-refractivity contribution in [3.8, 4) is 11.8 Å². The second-order valence-electron chi connectivity index (χ2n) is 5.64.